The summed E-state index contributed by atoms with van der Waals surface area (Å²) in [5.74, 6) is 0. The van der Waals surface area contributed by atoms with Gasteiger partial charge in [-0.1, -0.05) is 55.2 Å². The first kappa shape index (κ1) is 45.2. The summed E-state index contributed by atoms with van der Waals surface area (Å²) in [6, 6.07) is 0. The zero-order valence-corrected chi connectivity index (χ0v) is 38.1. The van der Waals surface area contributed by atoms with Crippen molar-refractivity contribution in [2.45, 2.75) is 149 Å². The van der Waals surface area contributed by atoms with Crippen LogP contribution in [0.5, 0.6) is 0 Å². The van der Waals surface area contributed by atoms with Crippen LogP contribution in [0.1, 0.15) is 149 Å². The van der Waals surface area contributed by atoms with Crippen LogP contribution in [0.4, 0.5) is 0 Å². The minimum Gasteiger partial charge on any atom is -1.00 e. The zero-order chi connectivity index (χ0) is 31.9. The van der Waals surface area contributed by atoms with Crippen LogP contribution < -0.4 is 48.0 Å². The molecule has 4 aliphatic heterocycles. The van der Waals surface area contributed by atoms with Gasteiger partial charge >= 0.3 is 0 Å². The molecule has 0 unspecified atom stereocenters. The van der Waals surface area contributed by atoms with Crippen molar-refractivity contribution in [2.75, 3.05) is 96.1 Å². The van der Waals surface area contributed by atoms with E-state index in [2.05, 4.69) is 53.2 Å². The van der Waals surface area contributed by atoms with Crippen LogP contribution in [0, 0.1) is 10.8 Å². The third-order valence-electron chi connectivity index (χ3n) is 14.2. The summed E-state index contributed by atoms with van der Waals surface area (Å²) in [4.78, 5) is 5.44. The molecule has 4 saturated heterocycles. The summed E-state index contributed by atoms with van der Waals surface area (Å²) in [6.45, 7) is 26.9. The fourth-order valence-electron chi connectivity index (χ4n) is 10.7. The van der Waals surface area contributed by atoms with Crippen LogP contribution in [0.2, 0.25) is 0 Å². The molecule has 0 aromatic carbocycles. The van der Waals surface area contributed by atoms with E-state index in [9.17, 15) is 0 Å². The van der Waals surface area contributed by atoms with Crippen LogP contribution in [0.25, 0.3) is 0 Å². The van der Waals surface area contributed by atoms with E-state index < -0.39 is 0 Å². The Bertz CT molecular complexity index is 722. The van der Waals surface area contributed by atoms with Gasteiger partial charge in [-0.05, 0) is 133 Å². The molecule has 4 heterocycles. The fourth-order valence-corrected chi connectivity index (χ4v) is 10.7. The van der Waals surface area contributed by atoms with Crippen molar-refractivity contribution in [1.29, 1.82) is 0 Å². The SMILES string of the molecule is C1CCN(CCC2(CCN3CCCC3)CCCC2)C1.CCI.CC[N+]1(CCC2(CC[N+]3(CC)CCCC3)CCCC2)CCCC1.[I-].[I-]. The van der Waals surface area contributed by atoms with Gasteiger partial charge in [0.15, 0.2) is 0 Å². The Morgan fingerprint density at radius 1 is 0.468 bits per heavy atom. The number of alkyl halides is 1. The average Bonchev–Trinajstić information content (AvgIpc) is 3.92. The number of rotatable bonds is 14. The molecule has 2 saturated carbocycles. The molecule has 0 spiro atoms. The third-order valence-corrected chi connectivity index (χ3v) is 14.2. The number of hydrogen-bond acceptors (Lipinski definition) is 2. The van der Waals surface area contributed by atoms with Gasteiger partial charge in [0, 0.05) is 38.5 Å². The molecule has 4 nitrogen and oxygen atoms in total. The van der Waals surface area contributed by atoms with E-state index in [1.165, 1.54) is 221 Å². The van der Waals surface area contributed by atoms with Gasteiger partial charge in [-0.15, -0.1) is 0 Å². The monoisotopic (exact) mass is 996 g/mol. The minimum atomic E-state index is 0. The highest BCUT2D eigenvalue weighted by molar-refractivity contribution is 14.1. The van der Waals surface area contributed by atoms with Gasteiger partial charge in [-0.2, -0.15) is 0 Å². The highest BCUT2D eigenvalue weighted by Crippen LogP contribution is 2.46. The van der Waals surface area contributed by atoms with Crippen molar-refractivity contribution in [3.63, 3.8) is 0 Å². The van der Waals surface area contributed by atoms with Crippen molar-refractivity contribution < 1.29 is 56.9 Å². The lowest BCUT2D eigenvalue weighted by Crippen LogP contribution is -3.00. The quantitative estimate of drug-likeness (QED) is 0.150. The topological polar surface area (TPSA) is 6.48 Å². The number of likely N-dealkylation sites (tertiary alicyclic amines) is 4. The first-order valence-electron chi connectivity index (χ1n) is 20.6. The van der Waals surface area contributed by atoms with Crippen LogP contribution in [0.3, 0.4) is 0 Å². The second-order valence-corrected chi connectivity index (χ2v) is 18.4. The first-order chi connectivity index (χ1) is 21.9. The van der Waals surface area contributed by atoms with Crippen LogP contribution in [-0.2, 0) is 0 Å². The van der Waals surface area contributed by atoms with Gasteiger partial charge in [0.25, 0.3) is 0 Å². The standard InChI is InChI=1S/C21H42N2.C17H32N2.C2H5I.2HI/c1-3-22(15-7-8-16-22)19-13-21(11-5-6-12-21)14-20-23(4-2)17-9-10-18-23;1-2-8-17(7-1,9-15-18-11-3-4-12-18)10-16-19-13-5-6-14-19;1-2-3;;/h3-20H2,1-2H3;1-16H2;2H2,1H3;2*1H/q+2;;;;/p-2. The van der Waals surface area contributed by atoms with Crippen molar-refractivity contribution in [3.05, 3.63) is 0 Å². The lowest BCUT2D eigenvalue weighted by atomic mass is 9.78. The number of quaternary nitrogens is 2. The van der Waals surface area contributed by atoms with Crippen LogP contribution >= 0.6 is 22.6 Å². The Morgan fingerprint density at radius 3 is 1.06 bits per heavy atom. The van der Waals surface area contributed by atoms with Gasteiger partial charge < -0.3 is 66.7 Å². The molecule has 0 atom stereocenters. The minimum absolute atomic E-state index is 0. The summed E-state index contributed by atoms with van der Waals surface area (Å²) in [5, 5.41) is 0. The van der Waals surface area contributed by atoms with E-state index in [-0.39, 0.29) is 48.0 Å². The lowest BCUT2D eigenvalue weighted by Gasteiger charge is -2.40. The zero-order valence-electron chi connectivity index (χ0n) is 31.7. The Balaban J connectivity index is 0.000000294. The molecule has 6 aliphatic rings. The second kappa shape index (κ2) is 23.6. The Hall–Kier alpha value is 2.03. The highest BCUT2D eigenvalue weighted by Gasteiger charge is 2.41. The van der Waals surface area contributed by atoms with Gasteiger partial charge in [0.2, 0.25) is 0 Å². The third kappa shape index (κ3) is 14.4. The molecule has 0 N–H and O–H groups in total. The first-order valence-corrected chi connectivity index (χ1v) is 22.2. The van der Waals surface area contributed by atoms with E-state index in [0.29, 0.717) is 0 Å². The molecule has 7 heteroatoms. The highest BCUT2D eigenvalue weighted by atomic mass is 127. The maximum Gasteiger partial charge on any atom is 0.0791 e. The molecular weight excluding hydrogens is 917 g/mol. The molecule has 47 heavy (non-hydrogen) atoms. The largest absolute Gasteiger partial charge is 1.00 e. The van der Waals surface area contributed by atoms with Crippen molar-refractivity contribution in [1.82, 2.24) is 9.80 Å². The fraction of sp³-hybridized carbons (Fsp3) is 1.00. The summed E-state index contributed by atoms with van der Waals surface area (Å²) in [6.07, 6.45) is 29.9. The number of nitrogens with zero attached hydrogens (tertiary/aromatic N) is 4. The molecule has 6 fully saturated rings. The van der Waals surface area contributed by atoms with Crippen molar-refractivity contribution in [2.24, 2.45) is 10.8 Å². The maximum absolute atomic E-state index is 2.72. The molecule has 6 rings (SSSR count). The van der Waals surface area contributed by atoms with E-state index in [4.69, 9.17) is 0 Å². The molecule has 280 valence electrons. The predicted octanol–water partition coefficient (Wildman–Crippen LogP) is 3.56. The molecule has 0 radical (unpaired) electrons. The molecule has 0 aromatic heterocycles. The molecule has 0 amide bonds. The van der Waals surface area contributed by atoms with Gasteiger partial charge in [-0.3, -0.25) is 0 Å². The summed E-state index contributed by atoms with van der Waals surface area (Å²) in [5.41, 5.74) is 1.46. The maximum atomic E-state index is 2.72. The molecule has 2 aliphatic carbocycles. The van der Waals surface area contributed by atoms with Gasteiger partial charge in [0.1, 0.15) is 0 Å². The van der Waals surface area contributed by atoms with Crippen molar-refractivity contribution >= 4 is 22.6 Å². The molecule has 0 aromatic rings. The Labute approximate surface area is 342 Å². The predicted molar refractivity (Wildman–Crippen MR) is 205 cm³/mol. The smallest absolute Gasteiger partial charge is 0.0791 e. The molecule has 0 bridgehead atoms. The van der Waals surface area contributed by atoms with E-state index >= 15 is 0 Å². The van der Waals surface area contributed by atoms with E-state index in [1.807, 2.05) is 0 Å². The number of halogens is 3. The number of hydrogen-bond donors (Lipinski definition) is 0. The summed E-state index contributed by atoms with van der Waals surface area (Å²) >= 11 is 2.29. The molecular formula is C40H79I3N4. The van der Waals surface area contributed by atoms with E-state index in [0.717, 1.165) is 10.8 Å². The van der Waals surface area contributed by atoms with E-state index in [1.54, 1.807) is 12.8 Å². The average molecular weight is 997 g/mol. The summed E-state index contributed by atoms with van der Waals surface area (Å²) < 4.78 is 4.13. The lowest BCUT2D eigenvalue weighted by molar-refractivity contribution is -0.918. The van der Waals surface area contributed by atoms with Gasteiger partial charge in [-0.25, -0.2) is 0 Å². The van der Waals surface area contributed by atoms with Gasteiger partial charge in [0.05, 0.1) is 52.4 Å². The van der Waals surface area contributed by atoms with Crippen LogP contribution in [-0.4, -0.2) is 115 Å². The van der Waals surface area contributed by atoms with Crippen molar-refractivity contribution in [3.8, 4) is 0 Å². The second-order valence-electron chi connectivity index (χ2n) is 16.9. The normalized spacial score (nSPS) is 25.8. The van der Waals surface area contributed by atoms with Crippen LogP contribution in [0.15, 0.2) is 0 Å². The Morgan fingerprint density at radius 2 is 0.766 bits per heavy atom. The Kier molecular flexibility index (Phi) is 22.7. The summed E-state index contributed by atoms with van der Waals surface area (Å²) in [7, 11) is 0.